The highest BCUT2D eigenvalue weighted by Gasteiger charge is 2.67. The monoisotopic (exact) mass is 253 g/mol. The van der Waals surface area contributed by atoms with E-state index >= 15 is 0 Å². The van der Waals surface area contributed by atoms with Crippen LogP contribution in [0.1, 0.15) is 25.1 Å². The molecule has 17 heavy (non-hydrogen) atoms. The van der Waals surface area contributed by atoms with Crippen molar-refractivity contribution in [3.05, 3.63) is 22.4 Å². The van der Waals surface area contributed by atoms with E-state index in [1.165, 1.54) is 0 Å². The molecular formula is C12H15NO3S. The summed E-state index contributed by atoms with van der Waals surface area (Å²) in [5.74, 6) is -1.19. The molecule has 1 atom stereocenters. The second-order valence-corrected chi connectivity index (χ2v) is 5.97. The zero-order chi connectivity index (χ0) is 12.7. The van der Waals surface area contributed by atoms with Crippen molar-refractivity contribution in [2.45, 2.75) is 25.7 Å². The Morgan fingerprint density at radius 2 is 2.18 bits per heavy atom. The third-order valence-corrected chi connectivity index (χ3v) is 4.50. The number of rotatable bonds is 4. The van der Waals surface area contributed by atoms with Crippen LogP contribution in [0.2, 0.25) is 0 Å². The van der Waals surface area contributed by atoms with Crippen LogP contribution in [0.3, 0.4) is 0 Å². The van der Waals surface area contributed by atoms with Gasteiger partial charge >= 0.3 is 5.97 Å². The molecule has 2 N–H and O–H groups in total. The van der Waals surface area contributed by atoms with Gasteiger partial charge in [-0.25, -0.2) is 0 Å². The number of hydrogen-bond donors (Lipinski definition) is 2. The maximum absolute atomic E-state index is 12.2. The third-order valence-electron chi connectivity index (χ3n) is 3.47. The van der Waals surface area contributed by atoms with Crippen molar-refractivity contribution in [1.29, 1.82) is 0 Å². The van der Waals surface area contributed by atoms with E-state index in [9.17, 15) is 9.59 Å². The van der Waals surface area contributed by atoms with Crippen LogP contribution in [-0.4, -0.2) is 23.5 Å². The van der Waals surface area contributed by atoms with Gasteiger partial charge in [-0.1, -0.05) is 19.9 Å². The maximum Gasteiger partial charge on any atom is 0.322 e. The zero-order valence-electron chi connectivity index (χ0n) is 9.82. The molecule has 1 aromatic heterocycles. The van der Waals surface area contributed by atoms with Crippen molar-refractivity contribution < 1.29 is 14.7 Å². The van der Waals surface area contributed by atoms with Gasteiger partial charge in [0.1, 0.15) is 6.54 Å². The highest BCUT2D eigenvalue weighted by Crippen LogP contribution is 2.65. The molecular weight excluding hydrogens is 238 g/mol. The molecule has 4 nitrogen and oxygen atoms in total. The van der Waals surface area contributed by atoms with Crippen LogP contribution >= 0.6 is 11.3 Å². The fourth-order valence-corrected chi connectivity index (χ4v) is 3.47. The van der Waals surface area contributed by atoms with E-state index in [0.717, 1.165) is 11.3 Å². The van der Waals surface area contributed by atoms with Crippen LogP contribution in [0.4, 0.5) is 0 Å². The molecule has 2 rings (SSSR count). The normalized spacial score (nSPS) is 25.3. The molecule has 1 aromatic rings. The third kappa shape index (κ3) is 1.84. The molecule has 0 saturated heterocycles. The lowest BCUT2D eigenvalue weighted by Gasteiger charge is -2.18. The van der Waals surface area contributed by atoms with Crippen LogP contribution in [-0.2, 0) is 15.0 Å². The van der Waals surface area contributed by atoms with Gasteiger partial charge in [-0.15, -0.1) is 11.3 Å². The van der Waals surface area contributed by atoms with Crippen LogP contribution in [0.25, 0.3) is 0 Å². The molecule has 92 valence electrons. The summed E-state index contributed by atoms with van der Waals surface area (Å²) in [4.78, 5) is 23.7. The van der Waals surface area contributed by atoms with Gasteiger partial charge < -0.3 is 10.4 Å². The standard InChI is InChI=1S/C12H15NO3S/c1-11(2)7-12(11,8-4-3-5-17-8)10(16)13-6-9(14)15/h3-5H,6-7H2,1-2H3,(H,13,16)(H,14,15)/t12-/m0/s1. The maximum atomic E-state index is 12.2. The van der Waals surface area contributed by atoms with Crippen LogP contribution in [0.5, 0.6) is 0 Å². The molecule has 1 saturated carbocycles. The highest BCUT2D eigenvalue weighted by atomic mass is 32.1. The number of thiophene rings is 1. The molecule has 0 aliphatic heterocycles. The van der Waals surface area contributed by atoms with Gasteiger partial charge in [0.25, 0.3) is 0 Å². The van der Waals surface area contributed by atoms with Gasteiger partial charge in [0, 0.05) is 4.88 Å². The Labute approximate surface area is 104 Å². The summed E-state index contributed by atoms with van der Waals surface area (Å²) in [7, 11) is 0. The lowest BCUT2D eigenvalue weighted by atomic mass is 9.93. The molecule has 0 radical (unpaired) electrons. The van der Waals surface area contributed by atoms with Crippen molar-refractivity contribution in [2.75, 3.05) is 6.54 Å². The topological polar surface area (TPSA) is 66.4 Å². The van der Waals surface area contributed by atoms with Crippen molar-refractivity contribution in [2.24, 2.45) is 5.41 Å². The quantitative estimate of drug-likeness (QED) is 0.856. The average Bonchev–Trinajstić information content (AvgIpc) is 2.69. The summed E-state index contributed by atoms with van der Waals surface area (Å²) in [6.07, 6.45) is 0.770. The number of aliphatic carboxylic acids is 1. The van der Waals surface area contributed by atoms with Gasteiger partial charge in [0.15, 0.2) is 0 Å². The van der Waals surface area contributed by atoms with Crippen molar-refractivity contribution >= 4 is 23.2 Å². The Morgan fingerprint density at radius 3 is 2.59 bits per heavy atom. The van der Waals surface area contributed by atoms with Gasteiger partial charge in [0.05, 0.1) is 5.41 Å². The second kappa shape index (κ2) is 3.84. The Bertz CT molecular complexity index is 452. The lowest BCUT2D eigenvalue weighted by molar-refractivity contribution is -0.138. The van der Waals surface area contributed by atoms with Crippen molar-refractivity contribution in [3.8, 4) is 0 Å². The average molecular weight is 253 g/mol. The Hall–Kier alpha value is -1.36. The van der Waals surface area contributed by atoms with E-state index < -0.39 is 11.4 Å². The van der Waals surface area contributed by atoms with Gasteiger partial charge in [0.2, 0.25) is 5.91 Å². The number of carboxylic acid groups (broad SMARTS) is 1. The number of carbonyl (C=O) groups is 2. The summed E-state index contributed by atoms with van der Waals surface area (Å²) >= 11 is 1.55. The highest BCUT2D eigenvalue weighted by molar-refractivity contribution is 7.10. The number of amides is 1. The molecule has 5 heteroatoms. The molecule has 1 amide bonds. The SMILES string of the molecule is CC1(C)C[C@@]1(C(=O)NCC(=O)O)c1cccs1. The first kappa shape index (κ1) is 12.1. The first-order chi connectivity index (χ1) is 7.90. The Kier molecular flexibility index (Phi) is 2.73. The van der Waals surface area contributed by atoms with Crippen LogP contribution < -0.4 is 5.32 Å². The summed E-state index contributed by atoms with van der Waals surface area (Å²) in [5, 5.41) is 13.0. The van der Waals surface area contributed by atoms with Crippen LogP contribution in [0.15, 0.2) is 17.5 Å². The molecule has 0 spiro atoms. The molecule has 0 bridgehead atoms. The van der Waals surface area contributed by atoms with Crippen LogP contribution in [0, 0.1) is 5.41 Å². The summed E-state index contributed by atoms with van der Waals surface area (Å²) in [5.41, 5.74) is -0.628. The molecule has 0 aromatic carbocycles. The minimum absolute atomic E-state index is 0.0968. The number of carboxylic acids is 1. The predicted molar refractivity (Wildman–Crippen MR) is 65.0 cm³/mol. The second-order valence-electron chi connectivity index (χ2n) is 5.02. The summed E-state index contributed by atoms with van der Waals surface area (Å²) < 4.78 is 0. The first-order valence-electron chi connectivity index (χ1n) is 5.44. The molecule has 0 unspecified atom stereocenters. The largest absolute Gasteiger partial charge is 0.480 e. The van der Waals surface area contributed by atoms with Gasteiger partial charge in [-0.05, 0) is 23.3 Å². The van der Waals surface area contributed by atoms with Crippen molar-refractivity contribution in [1.82, 2.24) is 5.32 Å². The smallest absolute Gasteiger partial charge is 0.322 e. The minimum atomic E-state index is -1.02. The van der Waals surface area contributed by atoms with Gasteiger partial charge in [-0.2, -0.15) is 0 Å². The molecule has 1 aliphatic rings. The number of nitrogens with one attached hydrogen (secondary N) is 1. The Morgan fingerprint density at radius 1 is 1.53 bits per heavy atom. The summed E-state index contributed by atoms with van der Waals surface area (Å²) in [6, 6.07) is 3.86. The minimum Gasteiger partial charge on any atom is -0.480 e. The molecule has 1 fully saturated rings. The van der Waals surface area contributed by atoms with Crippen molar-refractivity contribution in [3.63, 3.8) is 0 Å². The number of carbonyl (C=O) groups excluding carboxylic acids is 1. The Balaban J connectivity index is 2.20. The predicted octanol–water partition coefficient (Wildman–Crippen LogP) is 1.62. The lowest BCUT2D eigenvalue weighted by Crippen LogP contribution is -2.39. The van der Waals surface area contributed by atoms with E-state index in [4.69, 9.17) is 5.11 Å². The fourth-order valence-electron chi connectivity index (χ4n) is 2.37. The zero-order valence-corrected chi connectivity index (χ0v) is 10.6. The van der Waals surface area contributed by atoms with Gasteiger partial charge in [-0.3, -0.25) is 9.59 Å². The van der Waals surface area contributed by atoms with E-state index in [-0.39, 0.29) is 17.9 Å². The molecule has 1 heterocycles. The van der Waals surface area contributed by atoms with E-state index in [1.54, 1.807) is 11.3 Å². The summed E-state index contributed by atoms with van der Waals surface area (Å²) in [6.45, 7) is 3.75. The fraction of sp³-hybridized carbons (Fsp3) is 0.500. The van der Waals surface area contributed by atoms with E-state index in [1.807, 2.05) is 31.4 Å². The van der Waals surface area contributed by atoms with E-state index in [2.05, 4.69) is 5.32 Å². The number of hydrogen-bond acceptors (Lipinski definition) is 3. The van der Waals surface area contributed by atoms with E-state index in [0.29, 0.717) is 0 Å². The molecule has 1 aliphatic carbocycles. The first-order valence-corrected chi connectivity index (χ1v) is 6.32.